The molecule has 11 nitrogen and oxygen atoms in total. The highest BCUT2D eigenvalue weighted by atomic mass is 16.6. The average Bonchev–Trinajstić information content (AvgIpc) is 2.84. The zero-order valence-electron chi connectivity index (χ0n) is 17.8. The number of benzene rings is 3. The van der Waals surface area contributed by atoms with Crippen molar-refractivity contribution in [2.45, 2.75) is 0 Å². The fourth-order valence-corrected chi connectivity index (χ4v) is 2.90. The standard InChI is InChI=1S/C23H18N4O7/c1-34-21-5-3-2-4-19(21)22(28)25-20(14-15-6-10-17(11-7-15)26(30)31)23(29)24-16-8-12-18(13-9-16)27(32)33/h2-14H,1H3,(H,24,29)(H,25,28)/b20-14-. The van der Waals surface area contributed by atoms with Crippen LogP contribution in [0.15, 0.2) is 78.5 Å². The van der Waals surface area contributed by atoms with E-state index < -0.39 is 21.7 Å². The number of carbonyl (C=O) groups is 2. The van der Waals surface area contributed by atoms with E-state index >= 15 is 0 Å². The van der Waals surface area contributed by atoms with Crippen molar-refractivity contribution in [3.8, 4) is 5.75 Å². The third-order valence-corrected chi connectivity index (χ3v) is 4.60. The van der Waals surface area contributed by atoms with Crippen LogP contribution in [0.5, 0.6) is 5.75 Å². The Balaban J connectivity index is 1.91. The number of hydrogen-bond donors (Lipinski definition) is 2. The molecule has 0 heterocycles. The molecule has 3 aromatic rings. The van der Waals surface area contributed by atoms with Gasteiger partial charge < -0.3 is 15.4 Å². The maximum absolute atomic E-state index is 13.0. The van der Waals surface area contributed by atoms with E-state index in [1.165, 1.54) is 67.8 Å². The largest absolute Gasteiger partial charge is 0.496 e. The highest BCUT2D eigenvalue weighted by molar-refractivity contribution is 6.11. The Labute approximate surface area is 193 Å². The van der Waals surface area contributed by atoms with Gasteiger partial charge in [-0.15, -0.1) is 0 Å². The molecule has 0 atom stereocenters. The molecule has 0 bridgehead atoms. The maximum atomic E-state index is 13.0. The Morgan fingerprint density at radius 1 is 0.853 bits per heavy atom. The van der Waals surface area contributed by atoms with Crippen molar-refractivity contribution in [1.82, 2.24) is 5.32 Å². The number of amides is 2. The molecule has 0 saturated heterocycles. The number of non-ortho nitro benzene ring substituents is 2. The molecule has 11 heteroatoms. The van der Waals surface area contributed by atoms with E-state index in [0.717, 1.165) is 0 Å². The third kappa shape index (κ3) is 5.79. The zero-order valence-corrected chi connectivity index (χ0v) is 17.8. The number of carbonyl (C=O) groups excluding carboxylic acids is 2. The van der Waals surface area contributed by atoms with Crippen LogP contribution in [0.3, 0.4) is 0 Å². The van der Waals surface area contributed by atoms with E-state index in [1.54, 1.807) is 18.2 Å². The molecule has 0 spiro atoms. The molecular weight excluding hydrogens is 444 g/mol. The molecule has 2 amide bonds. The lowest BCUT2D eigenvalue weighted by Crippen LogP contribution is -2.31. The lowest BCUT2D eigenvalue weighted by Gasteiger charge is -2.13. The summed E-state index contributed by atoms with van der Waals surface area (Å²) < 4.78 is 5.19. The molecule has 0 fully saturated rings. The van der Waals surface area contributed by atoms with E-state index in [1.807, 2.05) is 0 Å². The van der Waals surface area contributed by atoms with E-state index in [4.69, 9.17) is 4.74 Å². The molecule has 0 aliphatic carbocycles. The Morgan fingerprint density at radius 2 is 1.41 bits per heavy atom. The molecule has 172 valence electrons. The van der Waals surface area contributed by atoms with Crippen molar-refractivity contribution in [2.24, 2.45) is 0 Å². The van der Waals surface area contributed by atoms with E-state index in [-0.39, 0.29) is 28.3 Å². The molecule has 3 aromatic carbocycles. The monoisotopic (exact) mass is 462 g/mol. The fourth-order valence-electron chi connectivity index (χ4n) is 2.90. The summed E-state index contributed by atoms with van der Waals surface area (Å²) >= 11 is 0. The van der Waals surface area contributed by atoms with Gasteiger partial charge in [0, 0.05) is 30.0 Å². The van der Waals surface area contributed by atoms with Crippen LogP contribution in [0.2, 0.25) is 0 Å². The highest BCUT2D eigenvalue weighted by Gasteiger charge is 2.18. The number of nitrogens with zero attached hydrogens (tertiary/aromatic N) is 2. The van der Waals surface area contributed by atoms with Crippen molar-refractivity contribution in [3.05, 3.63) is 110 Å². The summed E-state index contributed by atoms with van der Waals surface area (Å²) in [7, 11) is 1.40. The van der Waals surface area contributed by atoms with Gasteiger partial charge in [-0.25, -0.2) is 0 Å². The number of methoxy groups -OCH3 is 1. The Morgan fingerprint density at radius 3 is 1.97 bits per heavy atom. The first kappa shape index (κ1) is 23.6. The number of hydrogen-bond acceptors (Lipinski definition) is 7. The molecule has 0 aromatic heterocycles. The molecule has 0 radical (unpaired) electrons. The molecule has 2 N–H and O–H groups in total. The zero-order chi connectivity index (χ0) is 24.7. The maximum Gasteiger partial charge on any atom is 0.272 e. The van der Waals surface area contributed by atoms with Crippen LogP contribution in [-0.4, -0.2) is 28.8 Å². The second-order valence-electron chi connectivity index (χ2n) is 6.82. The molecule has 0 aliphatic heterocycles. The van der Waals surface area contributed by atoms with Crippen LogP contribution < -0.4 is 15.4 Å². The van der Waals surface area contributed by atoms with E-state index in [2.05, 4.69) is 10.6 Å². The second kappa shape index (κ2) is 10.5. The third-order valence-electron chi connectivity index (χ3n) is 4.60. The van der Waals surface area contributed by atoms with Crippen LogP contribution in [0.25, 0.3) is 6.08 Å². The quantitative estimate of drug-likeness (QED) is 0.292. The van der Waals surface area contributed by atoms with Crippen molar-refractivity contribution in [2.75, 3.05) is 12.4 Å². The highest BCUT2D eigenvalue weighted by Crippen LogP contribution is 2.20. The van der Waals surface area contributed by atoms with Crippen molar-refractivity contribution < 1.29 is 24.2 Å². The van der Waals surface area contributed by atoms with Gasteiger partial charge in [0.25, 0.3) is 23.2 Å². The summed E-state index contributed by atoms with van der Waals surface area (Å²) in [6.45, 7) is 0. The minimum absolute atomic E-state index is 0.132. The Kier molecular flexibility index (Phi) is 7.29. The number of para-hydroxylation sites is 1. The predicted octanol–water partition coefficient (Wildman–Crippen LogP) is 3.92. The van der Waals surface area contributed by atoms with Crippen molar-refractivity contribution >= 4 is 35.0 Å². The number of nitro groups is 2. The van der Waals surface area contributed by atoms with Gasteiger partial charge in [-0.2, -0.15) is 0 Å². The first-order chi connectivity index (χ1) is 16.3. The van der Waals surface area contributed by atoms with Gasteiger partial charge in [0.2, 0.25) is 0 Å². The number of nitro benzene ring substituents is 2. The number of anilines is 1. The van der Waals surface area contributed by atoms with Crippen LogP contribution in [-0.2, 0) is 4.79 Å². The van der Waals surface area contributed by atoms with Gasteiger partial charge in [-0.05, 0) is 48.0 Å². The molecule has 34 heavy (non-hydrogen) atoms. The average molecular weight is 462 g/mol. The first-order valence-electron chi connectivity index (χ1n) is 9.75. The minimum atomic E-state index is -0.713. The Bertz CT molecular complexity index is 1270. The van der Waals surface area contributed by atoms with E-state index in [0.29, 0.717) is 11.3 Å². The van der Waals surface area contributed by atoms with Gasteiger partial charge in [-0.3, -0.25) is 29.8 Å². The van der Waals surface area contributed by atoms with Crippen molar-refractivity contribution in [3.63, 3.8) is 0 Å². The van der Waals surface area contributed by atoms with Gasteiger partial charge in [0.1, 0.15) is 11.4 Å². The summed E-state index contributed by atoms with van der Waals surface area (Å²) in [5.74, 6) is -1.04. The summed E-state index contributed by atoms with van der Waals surface area (Å²) in [5, 5.41) is 26.8. The minimum Gasteiger partial charge on any atom is -0.496 e. The lowest BCUT2D eigenvalue weighted by atomic mass is 10.1. The second-order valence-corrected chi connectivity index (χ2v) is 6.82. The summed E-state index contributed by atoms with van der Waals surface area (Å²) in [5.41, 5.74) is 0.415. The van der Waals surface area contributed by atoms with Crippen molar-refractivity contribution in [1.29, 1.82) is 0 Å². The van der Waals surface area contributed by atoms with Gasteiger partial charge in [0.15, 0.2) is 0 Å². The molecule has 0 aliphatic rings. The Hall–Kier alpha value is -5.06. The topological polar surface area (TPSA) is 154 Å². The first-order valence-corrected chi connectivity index (χ1v) is 9.75. The fraction of sp³-hybridized carbons (Fsp3) is 0.0435. The summed E-state index contributed by atoms with van der Waals surface area (Å²) in [6.07, 6.45) is 1.35. The number of rotatable bonds is 8. The predicted molar refractivity (Wildman–Crippen MR) is 123 cm³/mol. The summed E-state index contributed by atoms with van der Waals surface area (Å²) in [4.78, 5) is 46.4. The van der Waals surface area contributed by atoms with Crippen LogP contribution >= 0.6 is 0 Å². The molecule has 3 rings (SSSR count). The smallest absolute Gasteiger partial charge is 0.272 e. The molecule has 0 unspecified atom stereocenters. The number of ether oxygens (including phenoxy) is 1. The summed E-state index contributed by atoms with van der Waals surface area (Å²) in [6, 6.07) is 16.9. The van der Waals surface area contributed by atoms with Gasteiger partial charge in [0.05, 0.1) is 22.5 Å². The van der Waals surface area contributed by atoms with E-state index in [9.17, 15) is 29.8 Å². The SMILES string of the molecule is COc1ccccc1C(=O)N/C(=C\c1ccc([N+](=O)[O-])cc1)C(=O)Nc1ccc([N+](=O)[O-])cc1. The van der Waals surface area contributed by atoms with Crippen LogP contribution in [0.1, 0.15) is 15.9 Å². The van der Waals surface area contributed by atoms with Crippen LogP contribution in [0, 0.1) is 20.2 Å². The molecular formula is C23H18N4O7. The van der Waals surface area contributed by atoms with Gasteiger partial charge in [-0.1, -0.05) is 12.1 Å². The molecule has 0 saturated carbocycles. The number of nitrogens with one attached hydrogen (secondary N) is 2. The lowest BCUT2D eigenvalue weighted by molar-refractivity contribution is -0.385. The van der Waals surface area contributed by atoms with Gasteiger partial charge >= 0.3 is 0 Å². The normalized spacial score (nSPS) is 10.8. The van der Waals surface area contributed by atoms with Crippen LogP contribution in [0.4, 0.5) is 17.1 Å².